The second-order valence-corrected chi connectivity index (χ2v) is 7.23. The fourth-order valence-corrected chi connectivity index (χ4v) is 2.70. The lowest BCUT2D eigenvalue weighted by Gasteiger charge is -2.27. The molecule has 0 aromatic heterocycles. The van der Waals surface area contributed by atoms with Gasteiger partial charge in [-0.1, -0.05) is 12.1 Å². The molecule has 27 heavy (non-hydrogen) atoms. The maximum absolute atomic E-state index is 12.5. The van der Waals surface area contributed by atoms with Gasteiger partial charge < -0.3 is 9.47 Å². The highest BCUT2D eigenvalue weighted by molar-refractivity contribution is 5.83. The van der Waals surface area contributed by atoms with Crippen LogP contribution in [0.5, 0.6) is 5.75 Å². The van der Waals surface area contributed by atoms with E-state index in [1.54, 1.807) is 45.0 Å². The van der Waals surface area contributed by atoms with E-state index in [2.05, 4.69) is 4.84 Å². The Hall–Kier alpha value is -2.20. The molecule has 0 saturated carbocycles. The molecule has 1 unspecified atom stereocenters. The van der Waals surface area contributed by atoms with E-state index >= 15 is 0 Å². The maximum atomic E-state index is 12.5. The molecule has 0 bridgehead atoms. The van der Waals surface area contributed by atoms with Crippen LogP contribution in [0.4, 0.5) is 4.79 Å². The molecule has 2 rings (SSSR count). The summed E-state index contributed by atoms with van der Waals surface area (Å²) in [5.41, 5.74) is 0.240. The first-order valence-corrected chi connectivity index (χ1v) is 8.77. The van der Waals surface area contributed by atoms with E-state index < -0.39 is 23.7 Å². The molecular weight excluding hydrogens is 356 g/mol. The van der Waals surface area contributed by atoms with Gasteiger partial charge in [0, 0.05) is 6.54 Å². The van der Waals surface area contributed by atoms with Gasteiger partial charge in [-0.15, -0.1) is 0 Å². The predicted octanol–water partition coefficient (Wildman–Crippen LogP) is 2.55. The van der Waals surface area contributed by atoms with Crippen LogP contribution in [0, 0.1) is 0 Å². The number of likely N-dealkylation sites (tertiary alicyclic amines) is 1. The van der Waals surface area contributed by atoms with E-state index in [4.69, 9.17) is 19.9 Å². The number of benzene rings is 1. The summed E-state index contributed by atoms with van der Waals surface area (Å²) in [6.45, 7) is 5.87. The first-order chi connectivity index (χ1) is 12.7. The van der Waals surface area contributed by atoms with Crippen molar-refractivity contribution in [3.63, 3.8) is 0 Å². The summed E-state index contributed by atoms with van der Waals surface area (Å²) in [6, 6.07) is 6.09. The van der Waals surface area contributed by atoms with Crippen molar-refractivity contribution in [1.82, 2.24) is 10.3 Å². The highest BCUT2D eigenvalue weighted by Gasteiger charge is 2.37. The molecule has 0 aliphatic carbocycles. The zero-order valence-corrected chi connectivity index (χ0v) is 15.8. The molecule has 1 heterocycles. The summed E-state index contributed by atoms with van der Waals surface area (Å²) in [6.07, 6.45) is 1.18. The third kappa shape index (κ3) is 6.79. The van der Waals surface area contributed by atoms with Crippen LogP contribution in [0.15, 0.2) is 24.3 Å². The van der Waals surface area contributed by atoms with E-state index in [1.807, 2.05) is 0 Å². The molecule has 1 aliphatic rings. The van der Waals surface area contributed by atoms with Gasteiger partial charge in [-0.05, 0) is 57.7 Å². The van der Waals surface area contributed by atoms with Crippen molar-refractivity contribution in [2.75, 3.05) is 13.2 Å². The number of hydrogen-bond acceptors (Lipinski definition) is 8. The van der Waals surface area contributed by atoms with Gasteiger partial charge in [0.1, 0.15) is 17.4 Å². The summed E-state index contributed by atoms with van der Waals surface area (Å²) >= 11 is 0. The Morgan fingerprint density at radius 3 is 2.48 bits per heavy atom. The zero-order chi connectivity index (χ0) is 20.0. The second kappa shape index (κ2) is 9.14. The van der Waals surface area contributed by atoms with Crippen molar-refractivity contribution >= 4 is 12.1 Å². The van der Waals surface area contributed by atoms with E-state index in [0.717, 1.165) is 5.56 Å². The lowest BCUT2D eigenvalue weighted by Crippen LogP contribution is -2.44. The van der Waals surface area contributed by atoms with Gasteiger partial charge in [0.15, 0.2) is 0 Å². The summed E-state index contributed by atoms with van der Waals surface area (Å²) in [5.74, 6) is -0.128. The number of amides is 1. The topological polar surface area (TPSA) is 109 Å². The molecule has 1 aromatic carbocycles. The summed E-state index contributed by atoms with van der Waals surface area (Å²) in [4.78, 5) is 30.6. The van der Waals surface area contributed by atoms with E-state index in [1.165, 1.54) is 4.90 Å². The first-order valence-electron chi connectivity index (χ1n) is 8.77. The SMILES string of the molecule is CC(C)(C)OC(=O)N1CCCC1C(=O)Oc1ccc(CCON(O)O)cc1. The van der Waals surface area contributed by atoms with Gasteiger partial charge >= 0.3 is 12.1 Å². The Bertz CT molecular complexity index is 640. The molecule has 1 atom stereocenters. The van der Waals surface area contributed by atoms with Gasteiger partial charge in [0.25, 0.3) is 0 Å². The minimum absolute atomic E-state index is 0.0824. The van der Waals surface area contributed by atoms with Gasteiger partial charge in [-0.2, -0.15) is 0 Å². The van der Waals surface area contributed by atoms with Crippen molar-refractivity contribution in [2.24, 2.45) is 0 Å². The van der Waals surface area contributed by atoms with E-state index in [-0.39, 0.29) is 12.0 Å². The van der Waals surface area contributed by atoms with Gasteiger partial charge in [-0.25, -0.2) is 9.59 Å². The van der Waals surface area contributed by atoms with Crippen LogP contribution in [0.2, 0.25) is 0 Å². The average Bonchev–Trinajstić information content (AvgIpc) is 3.04. The molecule has 1 amide bonds. The number of nitrogens with zero attached hydrogens (tertiary/aromatic N) is 2. The van der Waals surface area contributed by atoms with Crippen molar-refractivity contribution < 1.29 is 34.3 Å². The zero-order valence-electron chi connectivity index (χ0n) is 15.8. The van der Waals surface area contributed by atoms with Gasteiger partial charge in [0.2, 0.25) is 0 Å². The van der Waals surface area contributed by atoms with Crippen LogP contribution in [-0.2, 0) is 20.8 Å². The molecule has 1 fully saturated rings. The monoisotopic (exact) mass is 382 g/mol. The number of ether oxygens (including phenoxy) is 2. The van der Waals surface area contributed by atoms with Crippen molar-refractivity contribution in [3.8, 4) is 5.75 Å². The molecule has 1 aliphatic heterocycles. The number of carbonyl (C=O) groups excluding carboxylic acids is 2. The van der Waals surface area contributed by atoms with E-state index in [0.29, 0.717) is 31.6 Å². The first kappa shape index (κ1) is 21.1. The smallest absolute Gasteiger partial charge is 0.411 e. The molecule has 1 aromatic rings. The van der Waals surface area contributed by atoms with Crippen molar-refractivity contribution in [2.45, 2.75) is 51.7 Å². The lowest BCUT2D eigenvalue weighted by molar-refractivity contribution is -0.492. The number of esters is 1. The minimum atomic E-state index is -0.659. The summed E-state index contributed by atoms with van der Waals surface area (Å²) in [7, 11) is 0. The second-order valence-electron chi connectivity index (χ2n) is 7.23. The third-order valence-corrected chi connectivity index (χ3v) is 3.89. The third-order valence-electron chi connectivity index (χ3n) is 3.89. The van der Waals surface area contributed by atoms with Crippen molar-refractivity contribution in [3.05, 3.63) is 29.8 Å². The van der Waals surface area contributed by atoms with Crippen LogP contribution in [0.3, 0.4) is 0 Å². The van der Waals surface area contributed by atoms with Crippen LogP contribution in [0.1, 0.15) is 39.2 Å². The Morgan fingerprint density at radius 2 is 1.89 bits per heavy atom. The van der Waals surface area contributed by atoms with E-state index in [9.17, 15) is 9.59 Å². The highest BCUT2D eigenvalue weighted by atomic mass is 17.1. The van der Waals surface area contributed by atoms with Gasteiger partial charge in [0.05, 0.1) is 12.0 Å². The molecule has 2 N–H and O–H groups in total. The van der Waals surface area contributed by atoms with Crippen LogP contribution >= 0.6 is 0 Å². The largest absolute Gasteiger partial charge is 0.444 e. The normalized spacial score (nSPS) is 17.3. The van der Waals surface area contributed by atoms with Crippen LogP contribution in [0.25, 0.3) is 0 Å². The summed E-state index contributed by atoms with van der Waals surface area (Å²) in [5, 5.41) is 16.6. The Morgan fingerprint density at radius 1 is 1.22 bits per heavy atom. The molecule has 1 saturated heterocycles. The van der Waals surface area contributed by atoms with Gasteiger partial charge in [-0.3, -0.25) is 20.2 Å². The van der Waals surface area contributed by atoms with Crippen LogP contribution < -0.4 is 4.74 Å². The fraction of sp³-hybridized carbons (Fsp3) is 0.556. The Labute approximate surface area is 157 Å². The molecule has 0 radical (unpaired) electrons. The molecule has 9 heteroatoms. The number of carbonyl (C=O) groups is 2. The quantitative estimate of drug-likeness (QED) is 0.439. The molecular formula is C18H26N2O7. The number of rotatable bonds is 6. The minimum Gasteiger partial charge on any atom is -0.444 e. The summed E-state index contributed by atoms with van der Waals surface area (Å²) < 4.78 is 10.7. The van der Waals surface area contributed by atoms with Crippen LogP contribution in [-0.4, -0.2) is 57.6 Å². The average molecular weight is 382 g/mol. The Kier molecular flexibility index (Phi) is 7.14. The molecule has 9 nitrogen and oxygen atoms in total. The molecule has 0 spiro atoms. The number of hydrogen-bond donors (Lipinski definition) is 2. The highest BCUT2D eigenvalue weighted by Crippen LogP contribution is 2.23. The molecule has 150 valence electrons. The fourth-order valence-electron chi connectivity index (χ4n) is 2.70. The Balaban J connectivity index is 1.90. The predicted molar refractivity (Wildman–Crippen MR) is 93.1 cm³/mol. The standard InChI is InChI=1S/C18H26N2O7/c1-18(2,3)27-17(22)19-11-4-5-15(19)16(21)26-14-8-6-13(7-9-14)10-12-25-20(23)24/h6-9,15,23-24H,4-5,10-12H2,1-3H3. The maximum Gasteiger partial charge on any atom is 0.411 e. The van der Waals surface area contributed by atoms with Crippen molar-refractivity contribution in [1.29, 1.82) is 0 Å². The lowest BCUT2D eigenvalue weighted by atomic mass is 10.1.